The molecule has 0 fully saturated rings. The summed E-state index contributed by atoms with van der Waals surface area (Å²) < 4.78 is 11.0. The number of aliphatic hydroxyl groups is 1. The van der Waals surface area contributed by atoms with E-state index in [1.54, 1.807) is 7.11 Å². The van der Waals surface area contributed by atoms with Gasteiger partial charge >= 0.3 is 0 Å². The number of guanidine groups is 1. The molecule has 162 valence electrons. The summed E-state index contributed by atoms with van der Waals surface area (Å²) in [4.78, 5) is 6.93. The lowest BCUT2D eigenvalue weighted by molar-refractivity contribution is 0.175. The first-order chi connectivity index (χ1) is 13.0. The summed E-state index contributed by atoms with van der Waals surface area (Å²) in [6, 6.07) is 7.59. The molecule has 28 heavy (non-hydrogen) atoms. The molecular weight excluding hydrogens is 469 g/mol. The molecule has 0 aromatic heterocycles. The Morgan fingerprint density at radius 1 is 1.14 bits per heavy atom. The van der Waals surface area contributed by atoms with E-state index in [-0.39, 0.29) is 36.0 Å². The van der Waals surface area contributed by atoms with Gasteiger partial charge in [-0.2, -0.15) is 0 Å². The van der Waals surface area contributed by atoms with E-state index in [1.807, 2.05) is 31.3 Å². The van der Waals surface area contributed by atoms with E-state index >= 15 is 0 Å². The van der Waals surface area contributed by atoms with E-state index in [1.165, 1.54) is 0 Å². The Morgan fingerprint density at radius 3 is 2.25 bits per heavy atom. The maximum atomic E-state index is 9.40. The van der Waals surface area contributed by atoms with Crippen molar-refractivity contribution in [1.82, 2.24) is 10.2 Å². The van der Waals surface area contributed by atoms with Crippen molar-refractivity contribution in [1.29, 1.82) is 0 Å². The van der Waals surface area contributed by atoms with Gasteiger partial charge in [-0.1, -0.05) is 13.8 Å². The van der Waals surface area contributed by atoms with Gasteiger partial charge in [-0.05, 0) is 55.9 Å². The van der Waals surface area contributed by atoms with Crippen LogP contribution in [0.4, 0.5) is 0 Å². The molecule has 0 unspecified atom stereocenters. The molecule has 0 aliphatic rings. The number of hydrogen-bond donors (Lipinski definition) is 2. The normalized spacial score (nSPS) is 11.6. The van der Waals surface area contributed by atoms with Crippen molar-refractivity contribution in [3.63, 3.8) is 0 Å². The van der Waals surface area contributed by atoms with E-state index in [2.05, 4.69) is 31.0 Å². The van der Waals surface area contributed by atoms with Crippen LogP contribution in [0.2, 0.25) is 0 Å². The molecule has 1 rings (SSSR count). The first-order valence-electron chi connectivity index (χ1n) is 9.91. The number of nitrogens with one attached hydrogen (secondary N) is 1. The minimum absolute atomic E-state index is 0. The third-order valence-corrected chi connectivity index (χ3v) is 5.16. The summed E-state index contributed by atoms with van der Waals surface area (Å²) >= 11 is 0. The van der Waals surface area contributed by atoms with Crippen LogP contribution in [0.25, 0.3) is 0 Å². The lowest BCUT2D eigenvalue weighted by Crippen LogP contribution is -2.41. The van der Waals surface area contributed by atoms with E-state index in [4.69, 9.17) is 14.5 Å². The predicted octanol–water partition coefficient (Wildman–Crippen LogP) is 3.78. The fourth-order valence-electron chi connectivity index (χ4n) is 2.93. The quantitative estimate of drug-likeness (QED) is 0.256. The molecule has 1 aromatic carbocycles. The van der Waals surface area contributed by atoms with Crippen molar-refractivity contribution in [2.24, 2.45) is 10.4 Å². The minimum atomic E-state index is 0. The van der Waals surface area contributed by atoms with Crippen molar-refractivity contribution < 1.29 is 14.6 Å². The van der Waals surface area contributed by atoms with Crippen LogP contribution in [-0.2, 0) is 0 Å². The Kier molecular flexibility index (Phi) is 14.1. The van der Waals surface area contributed by atoms with Gasteiger partial charge in [-0.25, -0.2) is 0 Å². The molecule has 0 saturated carbocycles. The van der Waals surface area contributed by atoms with Crippen LogP contribution in [0, 0.1) is 5.41 Å². The second-order valence-electron chi connectivity index (χ2n) is 6.80. The molecule has 0 radical (unpaired) electrons. The molecule has 0 amide bonds. The number of halogens is 1. The van der Waals surface area contributed by atoms with Gasteiger partial charge in [-0.3, -0.25) is 4.99 Å². The second-order valence-corrected chi connectivity index (χ2v) is 6.80. The lowest BCUT2D eigenvalue weighted by Gasteiger charge is -2.30. The van der Waals surface area contributed by atoms with Crippen molar-refractivity contribution >= 4 is 29.9 Å². The van der Waals surface area contributed by atoms with Crippen LogP contribution in [-0.4, -0.2) is 63.0 Å². The van der Waals surface area contributed by atoms with Crippen molar-refractivity contribution in [3.05, 3.63) is 24.3 Å². The Morgan fingerprint density at radius 2 is 1.75 bits per heavy atom. The average molecular weight is 507 g/mol. The van der Waals surface area contributed by atoms with Crippen LogP contribution in [0.1, 0.15) is 40.0 Å². The Hall–Kier alpha value is -1.22. The first-order valence-corrected chi connectivity index (χ1v) is 9.91. The number of hydrogen-bond acceptors (Lipinski definition) is 4. The molecule has 0 atom stereocenters. The zero-order chi connectivity index (χ0) is 20.1. The van der Waals surface area contributed by atoms with E-state index in [0.29, 0.717) is 13.2 Å². The third kappa shape index (κ3) is 8.86. The van der Waals surface area contributed by atoms with Gasteiger partial charge < -0.3 is 24.8 Å². The minimum Gasteiger partial charge on any atom is -0.497 e. The highest BCUT2D eigenvalue weighted by Crippen LogP contribution is 2.30. The number of ether oxygens (including phenoxy) is 2. The molecule has 0 saturated heterocycles. The average Bonchev–Trinajstić information content (AvgIpc) is 2.70. The zero-order valence-corrected chi connectivity index (χ0v) is 20.4. The van der Waals surface area contributed by atoms with Gasteiger partial charge in [0.25, 0.3) is 0 Å². The topological polar surface area (TPSA) is 66.3 Å². The maximum Gasteiger partial charge on any atom is 0.193 e. The van der Waals surface area contributed by atoms with Crippen LogP contribution in [0.15, 0.2) is 29.3 Å². The monoisotopic (exact) mass is 507 g/mol. The van der Waals surface area contributed by atoms with Crippen LogP contribution < -0.4 is 14.8 Å². The van der Waals surface area contributed by atoms with Crippen LogP contribution in [0.3, 0.4) is 0 Å². The maximum absolute atomic E-state index is 9.40. The summed E-state index contributed by atoms with van der Waals surface area (Å²) in [6.07, 6.45) is 2.81. The SMILES string of the molecule is CCNC(=NCC(CC)(CC)CCO)N(C)CCOc1ccc(OC)cc1.I. The summed E-state index contributed by atoms with van der Waals surface area (Å²) in [7, 11) is 3.67. The number of aliphatic hydroxyl groups excluding tert-OH is 1. The van der Waals surface area contributed by atoms with E-state index in [0.717, 1.165) is 49.8 Å². The molecule has 7 heteroatoms. The molecular formula is C21H38IN3O3. The van der Waals surface area contributed by atoms with Gasteiger partial charge in [0.15, 0.2) is 5.96 Å². The van der Waals surface area contributed by atoms with E-state index < -0.39 is 0 Å². The summed E-state index contributed by atoms with van der Waals surface area (Å²) in [5.74, 6) is 2.52. The highest BCUT2D eigenvalue weighted by atomic mass is 127. The van der Waals surface area contributed by atoms with Gasteiger partial charge in [0.2, 0.25) is 0 Å². The number of benzene rings is 1. The van der Waals surface area contributed by atoms with Gasteiger partial charge in [-0.15, -0.1) is 24.0 Å². The summed E-state index contributed by atoms with van der Waals surface area (Å²) in [5, 5.41) is 12.8. The van der Waals surface area contributed by atoms with Gasteiger partial charge in [0.1, 0.15) is 18.1 Å². The zero-order valence-electron chi connectivity index (χ0n) is 18.0. The fraction of sp³-hybridized carbons (Fsp3) is 0.667. The number of aliphatic imine (C=N–C) groups is 1. The Balaban J connectivity index is 0.00000729. The number of nitrogens with zero attached hydrogens (tertiary/aromatic N) is 2. The second kappa shape index (κ2) is 14.7. The standard InChI is InChI=1S/C21H37N3O3.HI/c1-6-21(7-2,13-15-25)17-23-20(22-8-3)24(4)14-16-27-19-11-9-18(26-5)10-12-19;/h9-12,25H,6-8,13-17H2,1-5H3,(H,22,23);1H. The van der Waals surface area contributed by atoms with Crippen molar-refractivity contribution in [2.45, 2.75) is 40.0 Å². The summed E-state index contributed by atoms with van der Waals surface area (Å²) in [6.45, 7) is 9.44. The molecule has 1 aromatic rings. The molecule has 2 N–H and O–H groups in total. The summed E-state index contributed by atoms with van der Waals surface area (Å²) in [5.41, 5.74) is 0.0653. The first kappa shape index (κ1) is 26.8. The largest absolute Gasteiger partial charge is 0.497 e. The molecule has 6 nitrogen and oxygen atoms in total. The molecule has 0 heterocycles. The molecule has 0 bridgehead atoms. The third-order valence-electron chi connectivity index (χ3n) is 5.16. The van der Waals surface area contributed by atoms with Crippen molar-refractivity contribution in [3.8, 4) is 11.5 Å². The Bertz CT molecular complexity index is 548. The smallest absolute Gasteiger partial charge is 0.193 e. The Labute approximate surface area is 187 Å². The van der Waals surface area contributed by atoms with E-state index in [9.17, 15) is 5.11 Å². The highest BCUT2D eigenvalue weighted by molar-refractivity contribution is 14.0. The van der Waals surface area contributed by atoms with Crippen LogP contribution >= 0.6 is 24.0 Å². The highest BCUT2D eigenvalue weighted by Gasteiger charge is 2.25. The van der Waals surface area contributed by atoms with Crippen LogP contribution in [0.5, 0.6) is 11.5 Å². The molecule has 0 aliphatic carbocycles. The number of rotatable bonds is 12. The van der Waals surface area contributed by atoms with Gasteiger partial charge in [0, 0.05) is 26.7 Å². The molecule has 0 aliphatic heterocycles. The molecule has 0 spiro atoms. The lowest BCUT2D eigenvalue weighted by atomic mass is 9.79. The number of likely N-dealkylation sites (N-methyl/N-ethyl adjacent to an activating group) is 1. The van der Waals surface area contributed by atoms with Crippen molar-refractivity contribution in [2.75, 3.05) is 47.0 Å². The fourth-order valence-corrected chi connectivity index (χ4v) is 2.93. The predicted molar refractivity (Wildman–Crippen MR) is 127 cm³/mol. The number of methoxy groups -OCH3 is 1. The van der Waals surface area contributed by atoms with Gasteiger partial charge in [0.05, 0.1) is 13.7 Å².